The molecule has 0 spiro atoms. The number of esters is 1. The van der Waals surface area contributed by atoms with Gasteiger partial charge in [-0.15, -0.1) is 0 Å². The molecule has 0 saturated heterocycles. The van der Waals surface area contributed by atoms with Gasteiger partial charge in [-0.05, 0) is 29.3 Å². The Morgan fingerprint density at radius 1 is 1.27 bits per heavy atom. The highest BCUT2D eigenvalue weighted by molar-refractivity contribution is 5.83. The highest BCUT2D eigenvalue weighted by Crippen LogP contribution is 2.19. The Balaban J connectivity index is 1.70. The lowest BCUT2D eigenvalue weighted by Gasteiger charge is -2.23. The summed E-state index contributed by atoms with van der Waals surface area (Å²) in [6.45, 7) is 3.68. The minimum atomic E-state index is -0.151. The molecule has 1 atom stereocenters. The first kappa shape index (κ1) is 14.6. The van der Waals surface area contributed by atoms with Gasteiger partial charge < -0.3 is 9.64 Å². The normalized spacial score (nSPS) is 17.1. The molecule has 0 fully saturated rings. The van der Waals surface area contributed by atoms with Crippen LogP contribution in [0.2, 0.25) is 0 Å². The molecule has 3 rings (SSSR count). The third kappa shape index (κ3) is 3.27. The molecule has 22 heavy (non-hydrogen) atoms. The van der Waals surface area contributed by atoms with Crippen molar-refractivity contribution in [2.24, 2.45) is 4.99 Å². The molecule has 1 unspecified atom stereocenters. The van der Waals surface area contributed by atoms with Crippen molar-refractivity contribution in [1.82, 2.24) is 4.90 Å². The van der Waals surface area contributed by atoms with E-state index in [2.05, 4.69) is 40.2 Å². The molecule has 4 nitrogen and oxygen atoms in total. The summed E-state index contributed by atoms with van der Waals surface area (Å²) in [6, 6.07) is 14.9. The molecule has 1 heterocycles. The second-order valence-electron chi connectivity index (χ2n) is 5.50. The summed E-state index contributed by atoms with van der Waals surface area (Å²) in [5.74, 6) is -0.151. The molecule has 114 valence electrons. The molecule has 0 N–H and O–H groups in total. The first-order valence-corrected chi connectivity index (χ1v) is 7.65. The summed E-state index contributed by atoms with van der Waals surface area (Å²) < 4.78 is 5.04. The molecule has 1 aliphatic rings. The van der Waals surface area contributed by atoms with Crippen LogP contribution in [0.25, 0.3) is 10.8 Å². The Hall–Kier alpha value is -2.36. The molecule has 0 amide bonds. The molecule has 0 radical (unpaired) electrons. The monoisotopic (exact) mass is 296 g/mol. The zero-order chi connectivity index (χ0) is 15.4. The zero-order valence-corrected chi connectivity index (χ0v) is 12.7. The molecule has 2 aromatic carbocycles. The Morgan fingerprint density at radius 3 is 2.91 bits per heavy atom. The third-order valence-electron chi connectivity index (χ3n) is 3.90. The molecule has 0 bridgehead atoms. The number of hydrogen-bond donors (Lipinski definition) is 0. The van der Waals surface area contributed by atoms with Crippen LogP contribution in [0, 0.1) is 0 Å². The predicted molar refractivity (Wildman–Crippen MR) is 87.9 cm³/mol. The average Bonchev–Trinajstić information content (AvgIpc) is 2.94. The lowest BCUT2D eigenvalue weighted by Crippen LogP contribution is -2.33. The van der Waals surface area contributed by atoms with Gasteiger partial charge in [-0.2, -0.15) is 0 Å². The second-order valence-corrected chi connectivity index (χ2v) is 5.50. The number of carbonyl (C=O) groups is 1. The van der Waals surface area contributed by atoms with E-state index in [1.54, 1.807) is 0 Å². The fourth-order valence-corrected chi connectivity index (χ4v) is 2.78. The number of nitrogens with zero attached hydrogens (tertiary/aromatic N) is 2. The predicted octanol–water partition coefficient (Wildman–Crippen LogP) is 3.01. The van der Waals surface area contributed by atoms with Crippen LogP contribution in [-0.2, 0) is 16.1 Å². The van der Waals surface area contributed by atoms with Gasteiger partial charge >= 0.3 is 5.97 Å². The van der Waals surface area contributed by atoms with E-state index in [9.17, 15) is 4.79 Å². The van der Waals surface area contributed by atoms with E-state index in [1.807, 2.05) is 25.4 Å². The Kier molecular flexibility index (Phi) is 4.37. The Morgan fingerprint density at radius 2 is 2.09 bits per heavy atom. The summed E-state index contributed by atoms with van der Waals surface area (Å²) in [7, 11) is 0. The number of ether oxygens (including phenoxy) is 1. The van der Waals surface area contributed by atoms with Gasteiger partial charge in [0.2, 0.25) is 0 Å². The lowest BCUT2D eigenvalue weighted by molar-refractivity contribution is -0.144. The fraction of sp³-hybridized carbons (Fsp3) is 0.333. The third-order valence-corrected chi connectivity index (χ3v) is 3.90. The van der Waals surface area contributed by atoms with Crippen LogP contribution in [0.1, 0.15) is 18.9 Å². The first-order valence-electron chi connectivity index (χ1n) is 7.65. The Labute approximate surface area is 130 Å². The molecular weight excluding hydrogens is 276 g/mol. The number of aliphatic imine (C=N–C) groups is 1. The molecule has 1 aliphatic heterocycles. The standard InChI is InChI=1S/C18H20N2O2/c1-2-22-18(21)10-17-11-19-13-20(17)12-14-7-8-15-5-3-4-6-16(15)9-14/h3-9,13,17H,2,10-12H2,1H3. The van der Waals surface area contributed by atoms with E-state index < -0.39 is 0 Å². The maximum absolute atomic E-state index is 11.7. The van der Waals surface area contributed by atoms with Crippen LogP contribution in [0.15, 0.2) is 47.5 Å². The van der Waals surface area contributed by atoms with Crippen molar-refractivity contribution in [3.63, 3.8) is 0 Å². The van der Waals surface area contributed by atoms with Crippen molar-refractivity contribution in [3.05, 3.63) is 48.0 Å². The van der Waals surface area contributed by atoms with Gasteiger partial charge in [-0.25, -0.2) is 0 Å². The van der Waals surface area contributed by atoms with Crippen molar-refractivity contribution in [1.29, 1.82) is 0 Å². The Bertz CT molecular complexity index is 696. The minimum Gasteiger partial charge on any atom is -0.466 e. The van der Waals surface area contributed by atoms with Crippen molar-refractivity contribution in [2.75, 3.05) is 13.2 Å². The van der Waals surface area contributed by atoms with Crippen LogP contribution < -0.4 is 0 Å². The quantitative estimate of drug-likeness (QED) is 0.797. The maximum atomic E-state index is 11.7. The highest BCUT2D eigenvalue weighted by Gasteiger charge is 2.23. The van der Waals surface area contributed by atoms with Gasteiger partial charge in [-0.3, -0.25) is 9.79 Å². The molecule has 2 aromatic rings. The van der Waals surface area contributed by atoms with Crippen LogP contribution in [0.4, 0.5) is 0 Å². The number of benzene rings is 2. The molecular formula is C18H20N2O2. The van der Waals surface area contributed by atoms with Crippen molar-refractivity contribution in [3.8, 4) is 0 Å². The maximum Gasteiger partial charge on any atom is 0.307 e. The van der Waals surface area contributed by atoms with Gasteiger partial charge in [0.1, 0.15) is 0 Å². The average molecular weight is 296 g/mol. The van der Waals surface area contributed by atoms with Crippen molar-refractivity contribution in [2.45, 2.75) is 25.9 Å². The van der Waals surface area contributed by atoms with Crippen molar-refractivity contribution >= 4 is 23.1 Å². The number of fused-ring (bicyclic) bond motifs is 1. The van der Waals surface area contributed by atoms with E-state index in [0.717, 1.165) is 6.54 Å². The van der Waals surface area contributed by atoms with Crippen LogP contribution in [-0.4, -0.2) is 36.4 Å². The summed E-state index contributed by atoms with van der Waals surface area (Å²) in [6.07, 6.45) is 2.24. The number of carbonyl (C=O) groups excluding carboxylic acids is 1. The zero-order valence-electron chi connectivity index (χ0n) is 12.7. The van der Waals surface area contributed by atoms with Gasteiger partial charge in [0.25, 0.3) is 0 Å². The summed E-state index contributed by atoms with van der Waals surface area (Å²) >= 11 is 0. The summed E-state index contributed by atoms with van der Waals surface area (Å²) in [5.41, 5.74) is 1.22. The van der Waals surface area contributed by atoms with Gasteiger partial charge in [-0.1, -0.05) is 36.4 Å². The lowest BCUT2D eigenvalue weighted by atomic mass is 10.1. The van der Waals surface area contributed by atoms with E-state index in [4.69, 9.17) is 4.74 Å². The van der Waals surface area contributed by atoms with Gasteiger partial charge in [0, 0.05) is 6.54 Å². The van der Waals surface area contributed by atoms with E-state index in [-0.39, 0.29) is 12.0 Å². The fourth-order valence-electron chi connectivity index (χ4n) is 2.78. The molecule has 0 aliphatic carbocycles. The topological polar surface area (TPSA) is 41.9 Å². The van der Waals surface area contributed by atoms with Crippen LogP contribution in [0.5, 0.6) is 0 Å². The molecule has 4 heteroatoms. The highest BCUT2D eigenvalue weighted by atomic mass is 16.5. The SMILES string of the molecule is CCOC(=O)CC1CN=CN1Cc1ccc2ccccc2c1. The van der Waals surface area contributed by atoms with E-state index in [1.165, 1.54) is 16.3 Å². The largest absolute Gasteiger partial charge is 0.466 e. The van der Waals surface area contributed by atoms with Gasteiger partial charge in [0.15, 0.2) is 0 Å². The second kappa shape index (κ2) is 6.60. The summed E-state index contributed by atoms with van der Waals surface area (Å²) in [4.78, 5) is 18.1. The van der Waals surface area contributed by atoms with Crippen molar-refractivity contribution < 1.29 is 9.53 Å². The van der Waals surface area contributed by atoms with Gasteiger partial charge in [0.05, 0.1) is 32.0 Å². The molecule has 0 saturated carbocycles. The van der Waals surface area contributed by atoms with Crippen LogP contribution >= 0.6 is 0 Å². The molecule has 0 aromatic heterocycles. The smallest absolute Gasteiger partial charge is 0.307 e. The number of rotatable bonds is 5. The van der Waals surface area contributed by atoms with E-state index in [0.29, 0.717) is 19.6 Å². The minimum absolute atomic E-state index is 0.102. The summed E-state index contributed by atoms with van der Waals surface area (Å²) in [5, 5.41) is 2.47. The van der Waals surface area contributed by atoms with Crippen LogP contribution in [0.3, 0.4) is 0 Å². The first-order chi connectivity index (χ1) is 10.8. The van der Waals surface area contributed by atoms with E-state index >= 15 is 0 Å². The number of hydrogen-bond acceptors (Lipinski definition) is 4.